The third-order valence-electron chi connectivity index (χ3n) is 3.93. The van der Waals surface area contributed by atoms with Gasteiger partial charge < -0.3 is 14.6 Å². The van der Waals surface area contributed by atoms with Crippen LogP contribution in [0.2, 0.25) is 5.02 Å². The fourth-order valence-electron chi connectivity index (χ4n) is 2.65. The predicted octanol–water partition coefficient (Wildman–Crippen LogP) is 4.38. The molecule has 0 bridgehead atoms. The minimum Gasteiger partial charge on any atom is -0.383 e. The van der Waals surface area contributed by atoms with Gasteiger partial charge in [0, 0.05) is 24.4 Å². The maximum absolute atomic E-state index is 12.3. The molecule has 0 aliphatic rings. The molecule has 0 spiro atoms. The van der Waals surface area contributed by atoms with Crippen LogP contribution in [-0.2, 0) is 16.1 Å². The van der Waals surface area contributed by atoms with E-state index >= 15 is 0 Å². The van der Waals surface area contributed by atoms with Crippen LogP contribution in [0.25, 0.3) is 11.0 Å². The molecule has 0 aliphatic carbocycles. The number of anilines is 1. The smallest absolute Gasteiger partial charge is 0.234 e. The lowest BCUT2D eigenvalue weighted by Crippen LogP contribution is -2.15. The topological polar surface area (TPSA) is 56.1 Å². The number of ether oxygens (including phenoxy) is 1. The lowest BCUT2D eigenvalue weighted by atomic mass is 10.2. The van der Waals surface area contributed by atoms with Gasteiger partial charge in [-0.15, -0.1) is 0 Å². The van der Waals surface area contributed by atoms with E-state index in [1.807, 2.05) is 43.3 Å². The van der Waals surface area contributed by atoms with Crippen molar-refractivity contribution in [3.05, 3.63) is 53.1 Å². The van der Waals surface area contributed by atoms with Gasteiger partial charge in [0.15, 0.2) is 5.16 Å². The molecule has 5 nitrogen and oxygen atoms in total. The van der Waals surface area contributed by atoms with Gasteiger partial charge in [-0.25, -0.2) is 4.98 Å². The molecule has 0 fully saturated rings. The molecule has 1 N–H and O–H groups in total. The van der Waals surface area contributed by atoms with Crippen LogP contribution in [0.15, 0.2) is 47.6 Å². The Bertz CT molecular complexity index is 926. The normalized spacial score (nSPS) is 11.0. The number of fused-ring (bicyclic) bond motifs is 1. The number of thioether (sulfide) groups is 1. The number of para-hydroxylation sites is 2. The molecule has 26 heavy (non-hydrogen) atoms. The Morgan fingerprint density at radius 2 is 2.12 bits per heavy atom. The lowest BCUT2D eigenvalue weighted by molar-refractivity contribution is -0.113. The molecule has 136 valence electrons. The van der Waals surface area contributed by atoms with Crippen molar-refractivity contribution in [2.24, 2.45) is 0 Å². The molecule has 1 aromatic heterocycles. The fourth-order valence-corrected chi connectivity index (χ4v) is 3.71. The van der Waals surface area contributed by atoms with Gasteiger partial charge in [0.05, 0.1) is 23.4 Å². The van der Waals surface area contributed by atoms with E-state index in [4.69, 9.17) is 16.3 Å². The Morgan fingerprint density at radius 3 is 2.88 bits per heavy atom. The summed E-state index contributed by atoms with van der Waals surface area (Å²) in [5.74, 6) is 0.198. The summed E-state index contributed by atoms with van der Waals surface area (Å²) < 4.78 is 7.29. The van der Waals surface area contributed by atoms with Crippen molar-refractivity contribution in [3.8, 4) is 0 Å². The summed E-state index contributed by atoms with van der Waals surface area (Å²) in [6, 6.07) is 13.3. The van der Waals surface area contributed by atoms with Crippen molar-refractivity contribution in [1.82, 2.24) is 9.55 Å². The highest BCUT2D eigenvalue weighted by Crippen LogP contribution is 2.25. The fraction of sp³-hybridized carbons (Fsp3) is 0.263. The largest absolute Gasteiger partial charge is 0.383 e. The molecule has 7 heteroatoms. The number of nitrogens with zero attached hydrogens (tertiary/aromatic N) is 2. The average Bonchev–Trinajstić information content (AvgIpc) is 2.98. The van der Waals surface area contributed by atoms with E-state index in [-0.39, 0.29) is 11.7 Å². The van der Waals surface area contributed by atoms with Crippen molar-refractivity contribution >= 4 is 46.0 Å². The number of carbonyl (C=O) groups excluding carboxylic acids is 1. The predicted molar refractivity (Wildman–Crippen MR) is 107 cm³/mol. The van der Waals surface area contributed by atoms with E-state index in [0.717, 1.165) is 27.4 Å². The van der Waals surface area contributed by atoms with Crippen LogP contribution in [-0.4, -0.2) is 34.9 Å². The lowest BCUT2D eigenvalue weighted by Gasteiger charge is -2.10. The van der Waals surface area contributed by atoms with Crippen molar-refractivity contribution < 1.29 is 9.53 Å². The second kappa shape index (κ2) is 8.58. The summed E-state index contributed by atoms with van der Waals surface area (Å²) in [5, 5.41) is 4.39. The zero-order valence-corrected chi connectivity index (χ0v) is 16.2. The summed E-state index contributed by atoms with van der Waals surface area (Å²) >= 11 is 7.37. The van der Waals surface area contributed by atoms with E-state index in [0.29, 0.717) is 18.2 Å². The number of benzene rings is 2. The summed E-state index contributed by atoms with van der Waals surface area (Å²) in [6.07, 6.45) is 0. The van der Waals surface area contributed by atoms with Crippen molar-refractivity contribution in [2.75, 3.05) is 24.8 Å². The third-order valence-corrected chi connectivity index (χ3v) is 5.14. The van der Waals surface area contributed by atoms with Crippen molar-refractivity contribution in [1.29, 1.82) is 0 Å². The van der Waals surface area contributed by atoms with E-state index in [1.54, 1.807) is 13.2 Å². The minimum atomic E-state index is -0.0780. The van der Waals surface area contributed by atoms with E-state index < -0.39 is 0 Å². The molecule has 0 atom stereocenters. The van der Waals surface area contributed by atoms with Gasteiger partial charge in [0.2, 0.25) is 5.91 Å². The number of halogens is 1. The molecule has 0 saturated carbocycles. The zero-order chi connectivity index (χ0) is 18.5. The molecular weight excluding hydrogens is 370 g/mol. The minimum absolute atomic E-state index is 0.0780. The van der Waals surface area contributed by atoms with Gasteiger partial charge in [0.1, 0.15) is 0 Å². The van der Waals surface area contributed by atoms with Gasteiger partial charge in [-0.05, 0) is 42.8 Å². The summed E-state index contributed by atoms with van der Waals surface area (Å²) in [7, 11) is 1.67. The highest BCUT2D eigenvalue weighted by atomic mass is 35.5. The van der Waals surface area contributed by atoms with Crippen LogP contribution in [0, 0.1) is 6.92 Å². The first kappa shape index (κ1) is 18.8. The number of rotatable bonds is 7. The number of amides is 1. The number of imidazole rings is 1. The first-order valence-electron chi connectivity index (χ1n) is 8.21. The Hall–Kier alpha value is -2.02. The summed E-state index contributed by atoms with van der Waals surface area (Å²) in [5.41, 5.74) is 3.66. The molecule has 2 aromatic carbocycles. The molecule has 0 aliphatic heterocycles. The van der Waals surface area contributed by atoms with Crippen LogP contribution in [0.3, 0.4) is 0 Å². The molecule has 3 rings (SSSR count). The molecule has 0 saturated heterocycles. The Labute approximate surface area is 161 Å². The van der Waals surface area contributed by atoms with Crippen LogP contribution in [0.5, 0.6) is 0 Å². The van der Waals surface area contributed by atoms with Gasteiger partial charge in [0.25, 0.3) is 0 Å². The summed E-state index contributed by atoms with van der Waals surface area (Å²) in [6.45, 7) is 3.19. The number of hydrogen-bond acceptors (Lipinski definition) is 4. The van der Waals surface area contributed by atoms with E-state index in [9.17, 15) is 4.79 Å². The Morgan fingerprint density at radius 1 is 1.31 bits per heavy atom. The Kier molecular flexibility index (Phi) is 6.19. The standard InChI is InChI=1S/C19H20ClN3O2S/c1-13-11-14(20)7-8-15(13)21-18(24)12-26-19-22-16-5-3-4-6-17(16)23(19)9-10-25-2/h3-8,11H,9-10,12H2,1-2H3,(H,21,24). The van der Waals surface area contributed by atoms with Crippen LogP contribution >= 0.6 is 23.4 Å². The molecular formula is C19H20ClN3O2S. The number of aromatic nitrogens is 2. The zero-order valence-electron chi connectivity index (χ0n) is 14.7. The SMILES string of the molecule is COCCn1c(SCC(=O)Nc2ccc(Cl)cc2C)nc2ccccc21. The van der Waals surface area contributed by atoms with Crippen LogP contribution in [0.4, 0.5) is 5.69 Å². The third kappa shape index (κ3) is 4.38. The van der Waals surface area contributed by atoms with Crippen molar-refractivity contribution in [2.45, 2.75) is 18.6 Å². The van der Waals surface area contributed by atoms with Gasteiger partial charge >= 0.3 is 0 Å². The molecule has 0 unspecified atom stereocenters. The molecule has 1 amide bonds. The van der Waals surface area contributed by atoms with Crippen LogP contribution in [0.1, 0.15) is 5.56 Å². The Balaban J connectivity index is 1.71. The van der Waals surface area contributed by atoms with Gasteiger partial charge in [-0.1, -0.05) is 35.5 Å². The maximum atomic E-state index is 12.3. The van der Waals surface area contributed by atoms with Gasteiger partial charge in [-0.3, -0.25) is 4.79 Å². The molecule has 0 radical (unpaired) electrons. The number of hydrogen-bond donors (Lipinski definition) is 1. The van der Waals surface area contributed by atoms with Crippen LogP contribution < -0.4 is 5.32 Å². The molecule has 1 heterocycles. The average molecular weight is 390 g/mol. The van der Waals surface area contributed by atoms with E-state index in [1.165, 1.54) is 11.8 Å². The second-order valence-corrected chi connectivity index (χ2v) is 7.20. The second-order valence-electron chi connectivity index (χ2n) is 5.82. The monoisotopic (exact) mass is 389 g/mol. The molecule has 3 aromatic rings. The first-order chi connectivity index (χ1) is 12.6. The number of methoxy groups -OCH3 is 1. The number of aryl methyl sites for hydroxylation is 1. The number of nitrogens with one attached hydrogen (secondary N) is 1. The summed E-state index contributed by atoms with van der Waals surface area (Å²) in [4.78, 5) is 17.0. The number of carbonyl (C=O) groups is 1. The van der Waals surface area contributed by atoms with Crippen molar-refractivity contribution in [3.63, 3.8) is 0 Å². The van der Waals surface area contributed by atoms with E-state index in [2.05, 4.69) is 14.9 Å². The quantitative estimate of drug-likeness (QED) is 0.609. The van der Waals surface area contributed by atoms with Gasteiger partial charge in [-0.2, -0.15) is 0 Å². The highest BCUT2D eigenvalue weighted by Gasteiger charge is 2.13. The highest BCUT2D eigenvalue weighted by molar-refractivity contribution is 7.99. The maximum Gasteiger partial charge on any atom is 0.234 e. The first-order valence-corrected chi connectivity index (χ1v) is 9.58.